The van der Waals surface area contributed by atoms with Crippen molar-refractivity contribution in [3.63, 3.8) is 0 Å². The van der Waals surface area contributed by atoms with Crippen molar-refractivity contribution in [1.82, 2.24) is 4.72 Å². The van der Waals surface area contributed by atoms with Crippen LogP contribution in [0.5, 0.6) is 0 Å². The summed E-state index contributed by atoms with van der Waals surface area (Å²) in [5.41, 5.74) is 6.34. The Hall–Kier alpha value is -0.720. The normalized spacial score (nSPS) is 17.0. The van der Waals surface area contributed by atoms with Crippen molar-refractivity contribution in [2.75, 3.05) is 23.8 Å². The summed E-state index contributed by atoms with van der Waals surface area (Å²) in [6.07, 6.45) is 6.08. The molecule has 1 aromatic rings. The van der Waals surface area contributed by atoms with Gasteiger partial charge in [-0.05, 0) is 43.0 Å². The van der Waals surface area contributed by atoms with Crippen LogP contribution in [0.2, 0.25) is 0 Å². The minimum Gasteiger partial charge on any atom is -0.399 e. The minimum absolute atomic E-state index is 0.161. The third-order valence-corrected chi connectivity index (χ3v) is 6.44. The SMILES string of the molecule is Nc1ccc(SCCS(=O)(=O)NCC2CCCCC2)cc1. The number of nitrogens with one attached hydrogen (secondary N) is 1. The molecule has 1 aliphatic carbocycles. The summed E-state index contributed by atoms with van der Waals surface area (Å²) in [4.78, 5) is 1.05. The largest absolute Gasteiger partial charge is 0.399 e. The van der Waals surface area contributed by atoms with Crippen molar-refractivity contribution in [2.24, 2.45) is 5.92 Å². The molecule has 1 aromatic carbocycles. The molecule has 3 N–H and O–H groups in total. The zero-order valence-corrected chi connectivity index (χ0v) is 13.9. The second-order valence-electron chi connectivity index (χ2n) is 5.59. The summed E-state index contributed by atoms with van der Waals surface area (Å²) in [5.74, 6) is 1.25. The molecule has 1 aliphatic rings. The topological polar surface area (TPSA) is 72.2 Å². The maximum atomic E-state index is 12.0. The number of sulfonamides is 1. The number of thioether (sulfide) groups is 1. The standard InChI is InChI=1S/C15H24N2O2S2/c16-14-6-8-15(9-7-14)20-10-11-21(18,19)17-12-13-4-2-1-3-5-13/h6-9,13,17H,1-5,10-12,16H2. The van der Waals surface area contributed by atoms with Crippen molar-refractivity contribution < 1.29 is 8.42 Å². The molecule has 0 spiro atoms. The highest BCUT2D eigenvalue weighted by Gasteiger charge is 2.17. The van der Waals surface area contributed by atoms with Gasteiger partial charge in [0.1, 0.15) is 0 Å². The van der Waals surface area contributed by atoms with Gasteiger partial charge >= 0.3 is 0 Å². The van der Waals surface area contributed by atoms with Gasteiger partial charge in [-0.25, -0.2) is 13.1 Å². The van der Waals surface area contributed by atoms with Crippen LogP contribution >= 0.6 is 11.8 Å². The van der Waals surface area contributed by atoms with Crippen molar-refractivity contribution in [3.05, 3.63) is 24.3 Å². The first-order chi connectivity index (χ1) is 10.1. The van der Waals surface area contributed by atoms with E-state index in [2.05, 4.69) is 4.72 Å². The van der Waals surface area contributed by atoms with E-state index >= 15 is 0 Å². The van der Waals surface area contributed by atoms with Gasteiger partial charge in [0.2, 0.25) is 10.0 Å². The van der Waals surface area contributed by atoms with E-state index in [-0.39, 0.29) is 5.75 Å². The first-order valence-corrected chi connectivity index (χ1v) is 10.1. The Morgan fingerprint density at radius 3 is 2.48 bits per heavy atom. The monoisotopic (exact) mass is 328 g/mol. The number of hydrogen-bond acceptors (Lipinski definition) is 4. The van der Waals surface area contributed by atoms with Gasteiger partial charge in [0.05, 0.1) is 5.75 Å². The summed E-state index contributed by atoms with van der Waals surface area (Å²) >= 11 is 1.54. The molecule has 0 heterocycles. The smallest absolute Gasteiger partial charge is 0.212 e. The zero-order valence-electron chi connectivity index (χ0n) is 12.3. The van der Waals surface area contributed by atoms with E-state index in [1.54, 1.807) is 11.8 Å². The van der Waals surface area contributed by atoms with E-state index in [1.807, 2.05) is 24.3 Å². The van der Waals surface area contributed by atoms with Gasteiger partial charge in [-0.1, -0.05) is 19.3 Å². The Morgan fingerprint density at radius 2 is 1.81 bits per heavy atom. The molecule has 0 saturated heterocycles. The van der Waals surface area contributed by atoms with Gasteiger partial charge in [0.25, 0.3) is 0 Å². The van der Waals surface area contributed by atoms with Crippen molar-refractivity contribution >= 4 is 27.5 Å². The second kappa shape index (κ2) is 8.06. The van der Waals surface area contributed by atoms with E-state index in [4.69, 9.17) is 5.73 Å². The molecule has 0 radical (unpaired) electrons. The lowest BCUT2D eigenvalue weighted by Crippen LogP contribution is -2.32. The fraction of sp³-hybridized carbons (Fsp3) is 0.600. The van der Waals surface area contributed by atoms with Crippen LogP contribution < -0.4 is 10.5 Å². The molecule has 0 unspecified atom stereocenters. The quantitative estimate of drug-likeness (QED) is 0.596. The van der Waals surface area contributed by atoms with Crippen LogP contribution in [0.25, 0.3) is 0 Å². The van der Waals surface area contributed by atoms with Crippen molar-refractivity contribution in [1.29, 1.82) is 0 Å². The molecule has 0 bridgehead atoms. The van der Waals surface area contributed by atoms with Crippen LogP contribution in [0.4, 0.5) is 5.69 Å². The highest BCUT2D eigenvalue weighted by Crippen LogP contribution is 2.23. The lowest BCUT2D eigenvalue weighted by molar-refractivity contribution is 0.357. The third-order valence-electron chi connectivity index (χ3n) is 3.82. The zero-order chi connectivity index (χ0) is 15.1. The van der Waals surface area contributed by atoms with Crippen LogP contribution in [0.1, 0.15) is 32.1 Å². The van der Waals surface area contributed by atoms with E-state index in [1.165, 1.54) is 19.3 Å². The lowest BCUT2D eigenvalue weighted by atomic mass is 9.90. The summed E-state index contributed by atoms with van der Waals surface area (Å²) < 4.78 is 26.7. The summed E-state index contributed by atoms with van der Waals surface area (Å²) in [5, 5.41) is 0. The average Bonchev–Trinajstić information content (AvgIpc) is 2.48. The Kier molecular flexibility index (Phi) is 6.39. The first kappa shape index (κ1) is 16.6. The molecule has 0 amide bonds. The molecule has 2 rings (SSSR count). The highest BCUT2D eigenvalue weighted by atomic mass is 32.2. The van der Waals surface area contributed by atoms with E-state index in [9.17, 15) is 8.42 Å². The van der Waals surface area contributed by atoms with E-state index in [0.29, 0.717) is 18.2 Å². The number of hydrogen-bond donors (Lipinski definition) is 2. The Balaban J connectivity index is 1.69. The molecule has 1 saturated carbocycles. The van der Waals surface area contributed by atoms with Gasteiger partial charge in [0, 0.05) is 22.9 Å². The van der Waals surface area contributed by atoms with E-state index < -0.39 is 10.0 Å². The van der Waals surface area contributed by atoms with Crippen LogP contribution in [-0.4, -0.2) is 26.5 Å². The maximum absolute atomic E-state index is 12.0. The molecule has 6 heteroatoms. The molecule has 21 heavy (non-hydrogen) atoms. The van der Waals surface area contributed by atoms with Gasteiger partial charge in [-0.15, -0.1) is 11.8 Å². The lowest BCUT2D eigenvalue weighted by Gasteiger charge is -2.21. The fourth-order valence-corrected chi connectivity index (χ4v) is 4.95. The molecular formula is C15H24N2O2S2. The highest BCUT2D eigenvalue weighted by molar-refractivity contribution is 8.00. The van der Waals surface area contributed by atoms with Crippen LogP contribution in [-0.2, 0) is 10.0 Å². The minimum atomic E-state index is -3.15. The van der Waals surface area contributed by atoms with Crippen molar-refractivity contribution in [3.8, 4) is 0 Å². The van der Waals surface area contributed by atoms with Crippen LogP contribution in [0.15, 0.2) is 29.2 Å². The Morgan fingerprint density at radius 1 is 1.14 bits per heavy atom. The molecule has 0 atom stereocenters. The molecule has 1 fully saturated rings. The summed E-state index contributed by atoms with van der Waals surface area (Å²) in [7, 11) is -3.15. The van der Waals surface area contributed by atoms with Crippen molar-refractivity contribution in [2.45, 2.75) is 37.0 Å². The molecule has 118 valence electrons. The number of anilines is 1. The Labute approximate surface area is 131 Å². The number of nitrogens with two attached hydrogens (primary N) is 1. The summed E-state index contributed by atoms with van der Waals surface area (Å²) in [6.45, 7) is 0.606. The maximum Gasteiger partial charge on any atom is 0.212 e. The Bertz CT molecular complexity index is 523. The molecular weight excluding hydrogens is 304 g/mol. The first-order valence-electron chi connectivity index (χ1n) is 7.51. The number of rotatable bonds is 7. The average molecular weight is 329 g/mol. The molecule has 4 nitrogen and oxygen atoms in total. The molecule has 0 aliphatic heterocycles. The molecule has 0 aromatic heterocycles. The number of nitrogen functional groups attached to an aromatic ring is 1. The van der Waals surface area contributed by atoms with Gasteiger partial charge in [-0.2, -0.15) is 0 Å². The summed E-state index contributed by atoms with van der Waals surface area (Å²) in [6, 6.07) is 7.50. The number of benzene rings is 1. The van der Waals surface area contributed by atoms with Crippen LogP contribution in [0.3, 0.4) is 0 Å². The van der Waals surface area contributed by atoms with Crippen LogP contribution in [0, 0.1) is 5.92 Å². The van der Waals surface area contributed by atoms with Gasteiger partial charge < -0.3 is 5.73 Å². The van der Waals surface area contributed by atoms with E-state index in [0.717, 1.165) is 23.4 Å². The van der Waals surface area contributed by atoms with Gasteiger partial charge in [0.15, 0.2) is 0 Å². The second-order valence-corrected chi connectivity index (χ2v) is 8.68. The fourth-order valence-electron chi connectivity index (χ4n) is 2.54. The van der Waals surface area contributed by atoms with Gasteiger partial charge in [-0.3, -0.25) is 0 Å². The third kappa shape index (κ3) is 6.28. The predicted molar refractivity (Wildman–Crippen MR) is 89.9 cm³/mol. The predicted octanol–water partition coefficient (Wildman–Crippen LogP) is 2.86.